The number of rotatable bonds is 8. The average molecular weight is 348 g/mol. The van der Waals surface area contributed by atoms with Crippen molar-refractivity contribution in [2.24, 2.45) is 0 Å². The van der Waals surface area contributed by atoms with Crippen LogP contribution in [0.25, 0.3) is 0 Å². The Kier molecular flexibility index (Phi) is 8.10. The van der Waals surface area contributed by atoms with Gasteiger partial charge in [0.1, 0.15) is 0 Å². The number of nitrogens with zero attached hydrogens (tertiary/aromatic N) is 2. The zero-order chi connectivity index (χ0) is 19.0. The molecule has 25 heavy (non-hydrogen) atoms. The summed E-state index contributed by atoms with van der Waals surface area (Å²) >= 11 is 0. The normalized spacial score (nSPS) is 11.5. The van der Waals surface area contributed by atoms with Crippen molar-refractivity contribution in [3.05, 3.63) is 29.8 Å². The number of hydrogen-bond donors (Lipinski definition) is 1. The molecule has 0 aliphatic heterocycles. The van der Waals surface area contributed by atoms with E-state index in [1.807, 2.05) is 38.4 Å². The minimum absolute atomic E-state index is 0.0173. The third kappa shape index (κ3) is 7.69. The third-order valence-electron chi connectivity index (χ3n) is 4.09. The molecule has 0 aliphatic rings. The first kappa shape index (κ1) is 21.2. The lowest BCUT2D eigenvalue weighted by atomic mass is 9.87. The Bertz CT molecular complexity index is 559. The van der Waals surface area contributed by atoms with Crippen LogP contribution in [0.1, 0.15) is 46.1 Å². The molecule has 0 fully saturated rings. The maximum atomic E-state index is 12.0. The van der Waals surface area contributed by atoms with Gasteiger partial charge in [-0.3, -0.25) is 9.59 Å². The van der Waals surface area contributed by atoms with Gasteiger partial charge in [-0.1, -0.05) is 32.9 Å². The Morgan fingerprint density at radius 2 is 1.64 bits per heavy atom. The molecule has 0 saturated heterocycles. The van der Waals surface area contributed by atoms with E-state index in [1.54, 1.807) is 4.90 Å². The Morgan fingerprint density at radius 1 is 1.04 bits per heavy atom. The number of carbonyl (C=O) groups is 2. The molecule has 0 saturated carbocycles. The molecule has 2 amide bonds. The molecule has 0 radical (unpaired) electrons. The van der Waals surface area contributed by atoms with E-state index >= 15 is 0 Å². The lowest BCUT2D eigenvalue weighted by Gasteiger charge is -2.23. The van der Waals surface area contributed by atoms with Gasteiger partial charge >= 0.3 is 0 Å². The zero-order valence-electron chi connectivity index (χ0n) is 16.6. The van der Waals surface area contributed by atoms with E-state index in [2.05, 4.69) is 31.0 Å². The fraction of sp³-hybridized carbons (Fsp3) is 0.600. The summed E-state index contributed by atoms with van der Waals surface area (Å²) in [4.78, 5) is 27.7. The topological polar surface area (TPSA) is 52.7 Å². The standard InChI is InChI=1S/C20H33N3O2/c1-16(24)23(15-12-19(25)21-13-7-14-22(5)6)18-10-8-17(9-11-18)20(2,3)4/h8-11H,7,12-15H2,1-6H3,(H,21,25). The lowest BCUT2D eigenvalue weighted by Crippen LogP contribution is -2.34. The first-order valence-electron chi connectivity index (χ1n) is 8.91. The van der Waals surface area contributed by atoms with Crippen molar-refractivity contribution in [1.82, 2.24) is 10.2 Å². The highest BCUT2D eigenvalue weighted by molar-refractivity contribution is 5.92. The van der Waals surface area contributed by atoms with Gasteiger partial charge in [-0.2, -0.15) is 0 Å². The van der Waals surface area contributed by atoms with E-state index in [-0.39, 0.29) is 17.2 Å². The third-order valence-corrected chi connectivity index (χ3v) is 4.09. The van der Waals surface area contributed by atoms with Crippen LogP contribution in [0.3, 0.4) is 0 Å². The van der Waals surface area contributed by atoms with Crippen LogP contribution in [-0.2, 0) is 15.0 Å². The number of carbonyl (C=O) groups excluding carboxylic acids is 2. The van der Waals surface area contributed by atoms with Crippen molar-refractivity contribution in [2.75, 3.05) is 38.6 Å². The van der Waals surface area contributed by atoms with Gasteiger partial charge in [-0.15, -0.1) is 0 Å². The van der Waals surface area contributed by atoms with Gasteiger partial charge in [0.25, 0.3) is 0 Å². The lowest BCUT2D eigenvalue weighted by molar-refractivity contribution is -0.121. The minimum atomic E-state index is -0.0519. The molecule has 1 aromatic rings. The molecule has 1 N–H and O–H groups in total. The van der Waals surface area contributed by atoms with E-state index in [1.165, 1.54) is 12.5 Å². The van der Waals surface area contributed by atoms with E-state index in [9.17, 15) is 9.59 Å². The van der Waals surface area contributed by atoms with E-state index in [0.29, 0.717) is 19.5 Å². The summed E-state index contributed by atoms with van der Waals surface area (Å²) in [6.45, 7) is 10.0. The molecule has 0 aromatic heterocycles. The van der Waals surface area contributed by atoms with Gasteiger partial charge in [-0.25, -0.2) is 0 Å². The van der Waals surface area contributed by atoms with E-state index in [4.69, 9.17) is 0 Å². The van der Waals surface area contributed by atoms with Gasteiger partial charge in [0.15, 0.2) is 0 Å². The Morgan fingerprint density at radius 3 is 2.12 bits per heavy atom. The fourth-order valence-electron chi connectivity index (χ4n) is 2.53. The number of amides is 2. The number of hydrogen-bond acceptors (Lipinski definition) is 3. The van der Waals surface area contributed by atoms with Crippen LogP contribution < -0.4 is 10.2 Å². The first-order valence-corrected chi connectivity index (χ1v) is 8.91. The van der Waals surface area contributed by atoms with Gasteiger partial charge in [0.05, 0.1) is 0 Å². The fourth-order valence-corrected chi connectivity index (χ4v) is 2.53. The molecular formula is C20H33N3O2. The molecule has 0 unspecified atom stereocenters. The van der Waals surface area contributed by atoms with Crippen LogP contribution in [0.4, 0.5) is 5.69 Å². The van der Waals surface area contributed by atoms with Gasteiger partial charge in [0.2, 0.25) is 11.8 Å². The highest BCUT2D eigenvalue weighted by Gasteiger charge is 2.16. The molecule has 0 spiro atoms. The summed E-state index contributed by atoms with van der Waals surface area (Å²) in [7, 11) is 4.02. The van der Waals surface area contributed by atoms with Crippen LogP contribution in [0.15, 0.2) is 24.3 Å². The van der Waals surface area contributed by atoms with Crippen molar-refractivity contribution in [1.29, 1.82) is 0 Å². The van der Waals surface area contributed by atoms with E-state index in [0.717, 1.165) is 18.7 Å². The predicted molar refractivity (Wildman–Crippen MR) is 104 cm³/mol. The van der Waals surface area contributed by atoms with Gasteiger partial charge < -0.3 is 15.1 Å². The SMILES string of the molecule is CC(=O)N(CCC(=O)NCCCN(C)C)c1ccc(C(C)(C)C)cc1. The Balaban J connectivity index is 2.57. The molecule has 1 rings (SSSR count). The molecule has 1 aromatic carbocycles. The molecule has 0 atom stereocenters. The maximum absolute atomic E-state index is 12.0. The zero-order valence-corrected chi connectivity index (χ0v) is 16.6. The largest absolute Gasteiger partial charge is 0.356 e. The molecule has 0 aliphatic carbocycles. The van der Waals surface area contributed by atoms with Crippen LogP contribution in [0.5, 0.6) is 0 Å². The Hall–Kier alpha value is -1.88. The van der Waals surface area contributed by atoms with Crippen molar-refractivity contribution in [3.8, 4) is 0 Å². The molecule has 0 bridgehead atoms. The number of nitrogens with one attached hydrogen (secondary N) is 1. The quantitative estimate of drug-likeness (QED) is 0.736. The predicted octanol–water partition coefficient (Wildman–Crippen LogP) is 2.80. The summed E-state index contributed by atoms with van der Waals surface area (Å²) in [6.07, 6.45) is 1.23. The van der Waals surface area contributed by atoms with Crippen molar-refractivity contribution in [3.63, 3.8) is 0 Å². The van der Waals surface area contributed by atoms with Crippen LogP contribution in [-0.4, -0.2) is 50.4 Å². The molecule has 5 heteroatoms. The first-order chi connectivity index (χ1) is 11.6. The number of anilines is 1. The maximum Gasteiger partial charge on any atom is 0.223 e. The summed E-state index contributed by atoms with van der Waals surface area (Å²) in [5, 5.41) is 2.91. The highest BCUT2D eigenvalue weighted by Crippen LogP contribution is 2.25. The number of benzene rings is 1. The van der Waals surface area contributed by atoms with Crippen molar-refractivity contribution in [2.45, 2.75) is 46.0 Å². The second-order valence-corrected chi connectivity index (χ2v) is 7.72. The molecule has 0 heterocycles. The smallest absolute Gasteiger partial charge is 0.223 e. The van der Waals surface area contributed by atoms with Crippen LogP contribution in [0.2, 0.25) is 0 Å². The van der Waals surface area contributed by atoms with Crippen molar-refractivity contribution >= 4 is 17.5 Å². The van der Waals surface area contributed by atoms with Crippen LogP contribution in [0, 0.1) is 0 Å². The summed E-state index contributed by atoms with van der Waals surface area (Å²) in [5.41, 5.74) is 2.13. The second kappa shape index (κ2) is 9.56. The minimum Gasteiger partial charge on any atom is -0.356 e. The van der Waals surface area contributed by atoms with E-state index < -0.39 is 0 Å². The monoisotopic (exact) mass is 347 g/mol. The van der Waals surface area contributed by atoms with Crippen molar-refractivity contribution < 1.29 is 9.59 Å². The van der Waals surface area contributed by atoms with Gasteiger partial charge in [0, 0.05) is 32.1 Å². The molecule has 5 nitrogen and oxygen atoms in total. The van der Waals surface area contributed by atoms with Gasteiger partial charge in [-0.05, 0) is 50.2 Å². The summed E-state index contributed by atoms with van der Waals surface area (Å²) < 4.78 is 0. The van der Waals surface area contributed by atoms with Crippen LogP contribution >= 0.6 is 0 Å². The summed E-state index contributed by atoms with van der Waals surface area (Å²) in [5.74, 6) is -0.0692. The summed E-state index contributed by atoms with van der Waals surface area (Å²) in [6, 6.07) is 8.01. The average Bonchev–Trinajstić information content (AvgIpc) is 2.51. The Labute approximate surface area is 152 Å². The molecule has 140 valence electrons. The molecular weight excluding hydrogens is 314 g/mol. The second-order valence-electron chi connectivity index (χ2n) is 7.72. The highest BCUT2D eigenvalue weighted by atomic mass is 16.2.